The number of nitrogens with zero attached hydrogens (tertiary/aromatic N) is 1. The van der Waals surface area contributed by atoms with Crippen LogP contribution in [0.4, 0.5) is 5.69 Å². The Morgan fingerprint density at radius 3 is 2.27 bits per heavy atom. The lowest BCUT2D eigenvalue weighted by Crippen LogP contribution is -2.26. The first-order chi connectivity index (χ1) is 15.6. The Bertz CT molecular complexity index is 1280. The molecule has 0 fully saturated rings. The molecule has 0 saturated carbocycles. The average molecular weight is 486 g/mol. The van der Waals surface area contributed by atoms with Crippen molar-refractivity contribution >= 4 is 33.2 Å². The van der Waals surface area contributed by atoms with Crippen LogP contribution in [0.2, 0.25) is 0 Å². The molecule has 0 bridgehead atoms. The van der Waals surface area contributed by atoms with Gasteiger partial charge in [0.15, 0.2) is 10.1 Å². The van der Waals surface area contributed by atoms with E-state index in [0.717, 1.165) is 23.5 Å². The molecule has 1 heterocycles. The number of aromatic nitrogens is 2. The molecule has 7 nitrogen and oxygen atoms in total. The summed E-state index contributed by atoms with van der Waals surface area (Å²) in [6.07, 6.45) is 1.54. The average Bonchev–Trinajstić information content (AvgIpc) is 2.78. The first kappa shape index (κ1) is 24.7. The van der Waals surface area contributed by atoms with Gasteiger partial charge in [0.2, 0.25) is 15.7 Å². The molecule has 0 aliphatic rings. The fourth-order valence-corrected chi connectivity index (χ4v) is 5.20. The van der Waals surface area contributed by atoms with Crippen LogP contribution in [0.3, 0.4) is 0 Å². The van der Waals surface area contributed by atoms with Crippen LogP contribution in [0.5, 0.6) is 0 Å². The van der Waals surface area contributed by atoms with Crippen LogP contribution in [0.25, 0.3) is 0 Å². The summed E-state index contributed by atoms with van der Waals surface area (Å²) in [4.78, 5) is 31.5. The Morgan fingerprint density at radius 1 is 1.09 bits per heavy atom. The second-order valence-electron chi connectivity index (χ2n) is 7.98. The second-order valence-corrected chi connectivity index (χ2v) is 11.1. The second kappa shape index (κ2) is 10.4. The number of carbonyl (C=O) groups excluding carboxylic acids is 1. The number of carbonyl (C=O) groups is 1. The van der Waals surface area contributed by atoms with Gasteiger partial charge in [0.1, 0.15) is 0 Å². The van der Waals surface area contributed by atoms with Gasteiger partial charge in [-0.25, -0.2) is 13.4 Å². The molecule has 2 aromatic carbocycles. The number of aromatic amines is 1. The zero-order valence-electron chi connectivity index (χ0n) is 19.0. The van der Waals surface area contributed by atoms with Gasteiger partial charge in [-0.1, -0.05) is 62.4 Å². The number of H-pyrrole nitrogens is 1. The number of rotatable bonds is 8. The van der Waals surface area contributed by atoms with E-state index >= 15 is 0 Å². The fourth-order valence-electron chi connectivity index (χ4n) is 3.09. The van der Waals surface area contributed by atoms with E-state index in [2.05, 4.69) is 29.1 Å². The molecule has 1 aromatic heterocycles. The Labute approximate surface area is 198 Å². The van der Waals surface area contributed by atoms with Gasteiger partial charge in [0, 0.05) is 5.69 Å². The highest BCUT2D eigenvalue weighted by Gasteiger charge is 2.24. The van der Waals surface area contributed by atoms with Crippen LogP contribution < -0.4 is 10.9 Å². The lowest BCUT2D eigenvalue weighted by atomic mass is 10.0. The summed E-state index contributed by atoms with van der Waals surface area (Å²) in [6.45, 7) is 7.90. The molecule has 174 valence electrons. The van der Waals surface area contributed by atoms with Gasteiger partial charge < -0.3 is 10.3 Å². The van der Waals surface area contributed by atoms with Crippen LogP contribution in [-0.4, -0.2) is 29.5 Å². The topological polar surface area (TPSA) is 109 Å². The summed E-state index contributed by atoms with van der Waals surface area (Å²) in [7, 11) is -4.00. The Hall–Kier alpha value is -2.91. The molecule has 9 heteroatoms. The minimum Gasteiger partial charge on any atom is -0.325 e. The molecule has 0 aliphatic carbocycles. The van der Waals surface area contributed by atoms with Crippen LogP contribution in [0, 0.1) is 6.92 Å². The molecule has 0 unspecified atom stereocenters. The van der Waals surface area contributed by atoms with Gasteiger partial charge >= 0.3 is 0 Å². The maximum absolute atomic E-state index is 12.8. The van der Waals surface area contributed by atoms with E-state index in [1.807, 2.05) is 38.1 Å². The molecule has 0 radical (unpaired) electrons. The SMILES string of the molecule is CC[C@@H](Sc1ncc(S(=O)(=O)c2ccc(C)cc2)c(=O)[nH]1)C(=O)Nc1ccc(C(C)C)cc1. The quantitative estimate of drug-likeness (QED) is 0.358. The highest BCUT2D eigenvalue weighted by atomic mass is 32.2. The van der Waals surface area contributed by atoms with Crippen LogP contribution in [-0.2, 0) is 14.6 Å². The van der Waals surface area contributed by atoms with E-state index in [9.17, 15) is 18.0 Å². The van der Waals surface area contributed by atoms with Crippen molar-refractivity contribution in [2.24, 2.45) is 0 Å². The number of thioether (sulfide) groups is 1. The van der Waals surface area contributed by atoms with Crippen LogP contribution in [0.15, 0.2) is 74.5 Å². The van der Waals surface area contributed by atoms with Gasteiger partial charge in [-0.3, -0.25) is 9.59 Å². The molecule has 2 N–H and O–H groups in total. The number of hydrogen-bond donors (Lipinski definition) is 2. The third-order valence-electron chi connectivity index (χ3n) is 5.13. The van der Waals surface area contributed by atoms with Crippen molar-refractivity contribution in [1.29, 1.82) is 0 Å². The summed E-state index contributed by atoms with van der Waals surface area (Å²) in [6, 6.07) is 13.9. The van der Waals surface area contributed by atoms with E-state index in [1.54, 1.807) is 12.1 Å². The lowest BCUT2D eigenvalue weighted by molar-refractivity contribution is -0.115. The van der Waals surface area contributed by atoms with Gasteiger partial charge in [-0.2, -0.15) is 0 Å². The molecule has 0 aliphatic heterocycles. The summed E-state index contributed by atoms with van der Waals surface area (Å²) >= 11 is 1.08. The summed E-state index contributed by atoms with van der Waals surface area (Å²) in [5.74, 6) is 0.174. The fraction of sp³-hybridized carbons (Fsp3) is 0.292. The first-order valence-corrected chi connectivity index (χ1v) is 13.0. The first-order valence-electron chi connectivity index (χ1n) is 10.6. The number of benzene rings is 2. The smallest absolute Gasteiger partial charge is 0.270 e. The molecular formula is C24H27N3O4S2. The van der Waals surface area contributed by atoms with Gasteiger partial charge in [-0.05, 0) is 49.1 Å². The van der Waals surface area contributed by atoms with Gasteiger partial charge in [-0.15, -0.1) is 0 Å². The number of hydrogen-bond acceptors (Lipinski definition) is 6. The van der Waals surface area contributed by atoms with E-state index in [4.69, 9.17) is 0 Å². The number of sulfone groups is 1. The Kier molecular flexibility index (Phi) is 7.76. The molecule has 33 heavy (non-hydrogen) atoms. The van der Waals surface area contributed by atoms with Crippen molar-refractivity contribution in [3.05, 3.63) is 76.2 Å². The van der Waals surface area contributed by atoms with Crippen LogP contribution in [0.1, 0.15) is 44.2 Å². The van der Waals surface area contributed by atoms with E-state index in [1.165, 1.54) is 17.7 Å². The van der Waals surface area contributed by atoms with Gasteiger partial charge in [0.05, 0.1) is 16.3 Å². The summed E-state index contributed by atoms with van der Waals surface area (Å²) in [5, 5.41) is 2.54. The molecule has 1 amide bonds. The highest BCUT2D eigenvalue weighted by molar-refractivity contribution is 8.00. The minimum absolute atomic E-state index is 0.0232. The third kappa shape index (κ3) is 5.91. The normalized spacial score (nSPS) is 12.5. The highest BCUT2D eigenvalue weighted by Crippen LogP contribution is 2.25. The predicted molar refractivity (Wildman–Crippen MR) is 131 cm³/mol. The minimum atomic E-state index is -4.00. The zero-order chi connectivity index (χ0) is 24.2. The monoisotopic (exact) mass is 485 g/mol. The van der Waals surface area contributed by atoms with Gasteiger partial charge in [0.25, 0.3) is 5.56 Å². The molecule has 0 spiro atoms. The van der Waals surface area contributed by atoms with Crippen molar-refractivity contribution in [3.8, 4) is 0 Å². The zero-order valence-corrected chi connectivity index (χ0v) is 20.6. The standard InChI is InChI=1S/C24H27N3O4S2/c1-5-20(22(28)26-18-10-8-17(9-11-18)15(2)3)32-24-25-14-21(23(29)27-24)33(30,31)19-12-6-16(4)7-13-19/h6-15,20H,5H2,1-4H3,(H,26,28)(H,25,27,29)/t20-/m1/s1. The maximum atomic E-state index is 12.8. The maximum Gasteiger partial charge on any atom is 0.270 e. The number of amides is 1. The van der Waals surface area contributed by atoms with E-state index in [-0.39, 0.29) is 16.0 Å². The number of aryl methyl sites for hydroxylation is 1. The summed E-state index contributed by atoms with van der Waals surface area (Å²) in [5.41, 5.74) is 2.00. The van der Waals surface area contributed by atoms with Crippen molar-refractivity contribution in [1.82, 2.24) is 9.97 Å². The third-order valence-corrected chi connectivity index (χ3v) is 8.15. The molecule has 1 atom stereocenters. The number of anilines is 1. The van der Waals surface area contributed by atoms with E-state index in [0.29, 0.717) is 18.0 Å². The molecule has 0 saturated heterocycles. The molecular weight excluding hydrogens is 458 g/mol. The Balaban J connectivity index is 1.75. The predicted octanol–water partition coefficient (Wildman–Crippen LogP) is 4.54. The molecule has 3 rings (SSSR count). The van der Waals surface area contributed by atoms with Crippen molar-refractivity contribution in [2.75, 3.05) is 5.32 Å². The van der Waals surface area contributed by atoms with E-state index < -0.39 is 25.5 Å². The van der Waals surface area contributed by atoms with Crippen molar-refractivity contribution < 1.29 is 13.2 Å². The largest absolute Gasteiger partial charge is 0.325 e. The summed E-state index contributed by atoms with van der Waals surface area (Å²) < 4.78 is 25.6. The van der Waals surface area contributed by atoms with Crippen LogP contribution >= 0.6 is 11.8 Å². The van der Waals surface area contributed by atoms with Crippen molar-refractivity contribution in [3.63, 3.8) is 0 Å². The number of nitrogens with one attached hydrogen (secondary N) is 2. The van der Waals surface area contributed by atoms with Crippen molar-refractivity contribution in [2.45, 2.75) is 60.2 Å². The lowest BCUT2D eigenvalue weighted by Gasteiger charge is -2.15. The Morgan fingerprint density at radius 2 is 1.73 bits per heavy atom. The molecule has 3 aromatic rings.